The first-order chi connectivity index (χ1) is 11.8. The Bertz CT molecular complexity index is 800. The minimum atomic E-state index is 0.171. The van der Waals surface area contributed by atoms with Crippen LogP contribution in [-0.4, -0.2) is 31.8 Å². The van der Waals surface area contributed by atoms with Crippen LogP contribution in [0.4, 0.5) is 0 Å². The van der Waals surface area contributed by atoms with Crippen molar-refractivity contribution in [1.82, 2.24) is 25.2 Å². The summed E-state index contributed by atoms with van der Waals surface area (Å²) in [4.78, 5) is 6.96. The van der Waals surface area contributed by atoms with E-state index in [1.165, 1.54) is 5.56 Å². The van der Waals surface area contributed by atoms with Crippen LogP contribution in [-0.2, 0) is 6.54 Å². The average molecular weight is 321 g/mol. The zero-order valence-corrected chi connectivity index (χ0v) is 13.6. The van der Waals surface area contributed by atoms with Gasteiger partial charge in [0.15, 0.2) is 0 Å². The summed E-state index contributed by atoms with van der Waals surface area (Å²) < 4.78 is 5.53. The van der Waals surface area contributed by atoms with Gasteiger partial charge in [-0.25, -0.2) is 0 Å². The molecule has 2 aromatic heterocycles. The number of hydrogen-bond donors (Lipinski definition) is 0. The maximum absolute atomic E-state index is 5.53. The van der Waals surface area contributed by atoms with Gasteiger partial charge in [-0.05, 0) is 44.0 Å². The molecule has 0 aliphatic carbocycles. The first-order valence-corrected chi connectivity index (χ1v) is 8.22. The molecule has 1 atom stereocenters. The third-order valence-corrected chi connectivity index (χ3v) is 4.35. The van der Waals surface area contributed by atoms with Gasteiger partial charge in [0.1, 0.15) is 5.69 Å². The van der Waals surface area contributed by atoms with E-state index in [-0.39, 0.29) is 6.04 Å². The highest BCUT2D eigenvalue weighted by molar-refractivity contribution is 5.46. The molecule has 24 heavy (non-hydrogen) atoms. The van der Waals surface area contributed by atoms with E-state index in [4.69, 9.17) is 4.52 Å². The lowest BCUT2D eigenvalue weighted by molar-refractivity contribution is 0.201. The fourth-order valence-corrected chi connectivity index (χ4v) is 3.11. The molecule has 0 amide bonds. The number of aromatic nitrogens is 4. The van der Waals surface area contributed by atoms with Gasteiger partial charge in [0.25, 0.3) is 0 Å². The molecule has 0 N–H and O–H groups in total. The van der Waals surface area contributed by atoms with E-state index < -0.39 is 0 Å². The summed E-state index contributed by atoms with van der Waals surface area (Å²) in [6.07, 6.45) is 2.17. The van der Waals surface area contributed by atoms with Gasteiger partial charge in [0.05, 0.1) is 11.7 Å². The van der Waals surface area contributed by atoms with E-state index >= 15 is 0 Å². The molecule has 0 spiro atoms. The second kappa shape index (κ2) is 6.49. The third kappa shape index (κ3) is 3.05. The molecule has 6 nitrogen and oxygen atoms in total. The Labute approximate surface area is 140 Å². The Morgan fingerprint density at radius 3 is 2.79 bits per heavy atom. The Hall–Kier alpha value is -2.60. The predicted octanol–water partition coefficient (Wildman–Crippen LogP) is 3.17. The Kier molecular flexibility index (Phi) is 4.04. The quantitative estimate of drug-likeness (QED) is 0.735. The molecule has 0 bridgehead atoms. The predicted molar refractivity (Wildman–Crippen MR) is 88.9 cm³/mol. The number of benzene rings is 1. The van der Waals surface area contributed by atoms with Crippen molar-refractivity contribution in [3.8, 4) is 11.5 Å². The molecule has 0 radical (unpaired) electrons. The second-order valence-electron chi connectivity index (χ2n) is 6.13. The summed E-state index contributed by atoms with van der Waals surface area (Å²) in [6, 6.07) is 14.4. The molecule has 1 aromatic carbocycles. The van der Waals surface area contributed by atoms with Crippen molar-refractivity contribution in [3.63, 3.8) is 0 Å². The van der Waals surface area contributed by atoms with Gasteiger partial charge in [0.2, 0.25) is 11.7 Å². The maximum atomic E-state index is 5.53. The molecule has 0 saturated carbocycles. The van der Waals surface area contributed by atoms with E-state index in [0.29, 0.717) is 17.4 Å². The second-order valence-corrected chi connectivity index (χ2v) is 6.13. The molecular weight excluding hydrogens is 302 g/mol. The van der Waals surface area contributed by atoms with E-state index in [1.54, 1.807) is 0 Å². The summed E-state index contributed by atoms with van der Waals surface area (Å²) in [5.41, 5.74) is 2.81. The minimum Gasteiger partial charge on any atom is -0.337 e. The molecule has 3 aromatic rings. The first kappa shape index (κ1) is 15.0. The smallest absolute Gasteiger partial charge is 0.244 e. The van der Waals surface area contributed by atoms with Gasteiger partial charge in [-0.1, -0.05) is 35.5 Å². The van der Waals surface area contributed by atoms with Crippen LogP contribution in [0.2, 0.25) is 0 Å². The van der Waals surface area contributed by atoms with E-state index in [2.05, 4.69) is 49.5 Å². The zero-order chi connectivity index (χ0) is 16.4. The highest BCUT2D eigenvalue weighted by atomic mass is 16.5. The van der Waals surface area contributed by atoms with Crippen LogP contribution < -0.4 is 0 Å². The van der Waals surface area contributed by atoms with Crippen LogP contribution in [0.5, 0.6) is 0 Å². The Morgan fingerprint density at radius 1 is 1.12 bits per heavy atom. The topological polar surface area (TPSA) is 67.9 Å². The normalized spacial score (nSPS) is 18.1. The van der Waals surface area contributed by atoms with Crippen LogP contribution in [0, 0.1) is 6.92 Å². The molecule has 1 aliphatic heterocycles. The Morgan fingerprint density at radius 2 is 2.00 bits per heavy atom. The van der Waals surface area contributed by atoms with Crippen molar-refractivity contribution in [3.05, 3.63) is 59.6 Å². The summed E-state index contributed by atoms with van der Waals surface area (Å²) in [5, 5.41) is 12.3. The van der Waals surface area contributed by atoms with Crippen molar-refractivity contribution in [1.29, 1.82) is 0 Å². The first-order valence-electron chi connectivity index (χ1n) is 8.22. The van der Waals surface area contributed by atoms with Gasteiger partial charge < -0.3 is 4.52 Å². The molecule has 3 heterocycles. The van der Waals surface area contributed by atoms with Gasteiger partial charge in [-0.15, -0.1) is 5.10 Å². The van der Waals surface area contributed by atoms with Gasteiger partial charge >= 0.3 is 0 Å². The number of rotatable bonds is 4. The highest BCUT2D eigenvalue weighted by Crippen LogP contribution is 2.32. The molecule has 122 valence electrons. The highest BCUT2D eigenvalue weighted by Gasteiger charge is 2.30. The summed E-state index contributed by atoms with van der Waals surface area (Å²) in [6.45, 7) is 3.84. The van der Waals surface area contributed by atoms with Crippen molar-refractivity contribution < 1.29 is 4.52 Å². The molecule has 6 heteroatoms. The van der Waals surface area contributed by atoms with Crippen LogP contribution in [0.25, 0.3) is 11.5 Å². The molecule has 4 rings (SSSR count). The lowest BCUT2D eigenvalue weighted by atomic mass is 10.2. The van der Waals surface area contributed by atoms with Crippen LogP contribution in [0.1, 0.15) is 36.0 Å². The van der Waals surface area contributed by atoms with E-state index in [9.17, 15) is 0 Å². The molecular formula is C18H19N5O. The fourth-order valence-electron chi connectivity index (χ4n) is 3.11. The van der Waals surface area contributed by atoms with E-state index in [0.717, 1.165) is 31.6 Å². The van der Waals surface area contributed by atoms with Crippen molar-refractivity contribution in [2.45, 2.75) is 32.4 Å². The van der Waals surface area contributed by atoms with Crippen molar-refractivity contribution >= 4 is 0 Å². The zero-order valence-electron chi connectivity index (χ0n) is 13.6. The number of aryl methyl sites for hydroxylation is 1. The van der Waals surface area contributed by atoms with Crippen molar-refractivity contribution in [2.75, 3.05) is 6.54 Å². The fraction of sp³-hybridized carbons (Fsp3) is 0.333. The lowest BCUT2D eigenvalue weighted by Crippen LogP contribution is -2.22. The summed E-state index contributed by atoms with van der Waals surface area (Å²) >= 11 is 0. The van der Waals surface area contributed by atoms with Crippen LogP contribution in [0.15, 0.2) is 47.0 Å². The molecule has 1 fully saturated rings. The standard InChI is InChI=1S/C18H19N5O/c1-13-9-10-15(21-20-13)17-19-18(24-22-17)16-8-5-11-23(16)12-14-6-3-2-4-7-14/h2-4,6-7,9-10,16H,5,8,11-12H2,1H3/t16-/m1/s1. The molecule has 1 saturated heterocycles. The van der Waals surface area contributed by atoms with E-state index in [1.807, 2.05) is 25.1 Å². The van der Waals surface area contributed by atoms with Gasteiger partial charge in [0, 0.05) is 6.54 Å². The van der Waals surface area contributed by atoms with Crippen LogP contribution in [0.3, 0.4) is 0 Å². The number of hydrogen-bond acceptors (Lipinski definition) is 6. The lowest BCUT2D eigenvalue weighted by Gasteiger charge is -2.21. The molecule has 1 aliphatic rings. The van der Waals surface area contributed by atoms with Crippen LogP contribution >= 0.6 is 0 Å². The SMILES string of the molecule is Cc1ccc(-c2noc([C@H]3CCCN3Cc3ccccc3)n2)nn1. The largest absolute Gasteiger partial charge is 0.337 e. The van der Waals surface area contributed by atoms with Gasteiger partial charge in [-0.3, -0.25) is 4.90 Å². The molecule has 0 unspecified atom stereocenters. The monoisotopic (exact) mass is 321 g/mol. The number of likely N-dealkylation sites (tertiary alicyclic amines) is 1. The summed E-state index contributed by atoms with van der Waals surface area (Å²) in [5.74, 6) is 1.17. The maximum Gasteiger partial charge on any atom is 0.244 e. The summed E-state index contributed by atoms with van der Waals surface area (Å²) in [7, 11) is 0. The minimum absolute atomic E-state index is 0.171. The van der Waals surface area contributed by atoms with Gasteiger partial charge in [-0.2, -0.15) is 10.1 Å². The van der Waals surface area contributed by atoms with Crippen molar-refractivity contribution in [2.24, 2.45) is 0 Å². The number of nitrogens with zero attached hydrogens (tertiary/aromatic N) is 5. The average Bonchev–Trinajstić information content (AvgIpc) is 3.25. The Balaban J connectivity index is 1.53. The third-order valence-electron chi connectivity index (χ3n) is 4.35.